The summed E-state index contributed by atoms with van der Waals surface area (Å²) in [6.45, 7) is 8.67. The summed E-state index contributed by atoms with van der Waals surface area (Å²) < 4.78 is 0. The molecule has 3 heteroatoms. The monoisotopic (exact) mass is 205 g/mol. The smallest absolute Gasteiger partial charge is 0.133 e. The molecule has 0 aliphatic carbocycles. The molecule has 0 aliphatic heterocycles. The molecule has 0 saturated heterocycles. The van der Waals surface area contributed by atoms with E-state index >= 15 is 0 Å². The van der Waals surface area contributed by atoms with Gasteiger partial charge in [-0.05, 0) is 19.9 Å². The number of nitrogens with zero attached hydrogens (tertiary/aromatic N) is 2. The van der Waals surface area contributed by atoms with E-state index in [4.69, 9.17) is 5.73 Å². The van der Waals surface area contributed by atoms with Gasteiger partial charge >= 0.3 is 0 Å². The summed E-state index contributed by atoms with van der Waals surface area (Å²) in [5, 5.41) is 0. The van der Waals surface area contributed by atoms with E-state index in [1.165, 1.54) is 0 Å². The maximum Gasteiger partial charge on any atom is 0.133 e. The molecule has 3 nitrogen and oxygen atoms in total. The van der Waals surface area contributed by atoms with Crippen molar-refractivity contribution in [2.45, 2.75) is 19.9 Å². The van der Waals surface area contributed by atoms with E-state index in [9.17, 15) is 0 Å². The van der Waals surface area contributed by atoms with E-state index in [0.29, 0.717) is 0 Å². The Morgan fingerprint density at radius 1 is 1.67 bits per heavy atom. The Hall–Kier alpha value is -1.35. The van der Waals surface area contributed by atoms with Gasteiger partial charge < -0.3 is 10.6 Å². The quantitative estimate of drug-likeness (QED) is 0.765. The van der Waals surface area contributed by atoms with Gasteiger partial charge in [0.25, 0.3) is 0 Å². The summed E-state index contributed by atoms with van der Waals surface area (Å²) in [4.78, 5) is 6.43. The van der Waals surface area contributed by atoms with Crippen molar-refractivity contribution in [2.75, 3.05) is 18.5 Å². The zero-order valence-electron chi connectivity index (χ0n) is 9.70. The molecule has 0 bridgehead atoms. The second-order valence-electron chi connectivity index (χ2n) is 4.02. The van der Waals surface area contributed by atoms with E-state index in [0.717, 1.165) is 23.5 Å². The number of rotatable bonds is 4. The molecule has 2 N–H and O–H groups in total. The van der Waals surface area contributed by atoms with Crippen LogP contribution in [0.4, 0.5) is 5.82 Å². The van der Waals surface area contributed by atoms with Crippen LogP contribution in [-0.4, -0.2) is 18.6 Å². The maximum atomic E-state index is 5.89. The van der Waals surface area contributed by atoms with Gasteiger partial charge in [0.05, 0.1) is 0 Å². The zero-order chi connectivity index (χ0) is 11.4. The first-order valence-corrected chi connectivity index (χ1v) is 5.08. The minimum absolute atomic E-state index is 0.00118. The van der Waals surface area contributed by atoms with Crippen LogP contribution >= 0.6 is 0 Å². The van der Waals surface area contributed by atoms with Crippen LogP contribution in [0.2, 0.25) is 0 Å². The SMILES string of the molecule is C=C(C)CN(C)c1ncccc1[C@@H](C)N. The molecule has 1 aromatic rings. The summed E-state index contributed by atoms with van der Waals surface area (Å²) in [5.41, 5.74) is 8.07. The van der Waals surface area contributed by atoms with Crippen molar-refractivity contribution in [1.82, 2.24) is 4.98 Å². The topological polar surface area (TPSA) is 42.2 Å². The summed E-state index contributed by atoms with van der Waals surface area (Å²) in [5.74, 6) is 0.940. The first-order chi connectivity index (χ1) is 7.02. The van der Waals surface area contributed by atoms with Crippen molar-refractivity contribution in [3.8, 4) is 0 Å². The van der Waals surface area contributed by atoms with Crippen LogP contribution in [0.25, 0.3) is 0 Å². The summed E-state index contributed by atoms with van der Waals surface area (Å²) in [7, 11) is 2.00. The number of hydrogen-bond acceptors (Lipinski definition) is 3. The molecule has 1 aromatic heterocycles. The van der Waals surface area contributed by atoms with Crippen LogP contribution in [0.5, 0.6) is 0 Å². The highest BCUT2D eigenvalue weighted by Crippen LogP contribution is 2.21. The molecule has 1 heterocycles. The van der Waals surface area contributed by atoms with Gasteiger partial charge in [0, 0.05) is 31.4 Å². The molecule has 0 radical (unpaired) electrons. The Morgan fingerprint density at radius 2 is 2.33 bits per heavy atom. The minimum atomic E-state index is 0.00118. The van der Waals surface area contributed by atoms with Gasteiger partial charge in [-0.3, -0.25) is 0 Å². The highest BCUT2D eigenvalue weighted by atomic mass is 15.2. The lowest BCUT2D eigenvalue weighted by Gasteiger charge is -2.22. The molecule has 0 amide bonds. The number of pyridine rings is 1. The van der Waals surface area contributed by atoms with E-state index in [1.54, 1.807) is 6.20 Å². The Morgan fingerprint density at radius 3 is 2.87 bits per heavy atom. The Kier molecular flexibility index (Phi) is 3.86. The predicted octanol–water partition coefficient (Wildman–Crippen LogP) is 2.11. The molecule has 0 unspecified atom stereocenters. The molecule has 1 rings (SSSR count). The lowest BCUT2D eigenvalue weighted by atomic mass is 10.1. The van der Waals surface area contributed by atoms with Gasteiger partial charge in [0.2, 0.25) is 0 Å². The van der Waals surface area contributed by atoms with Crippen LogP contribution in [0, 0.1) is 0 Å². The largest absolute Gasteiger partial charge is 0.355 e. The Bertz CT molecular complexity index is 344. The predicted molar refractivity (Wildman–Crippen MR) is 64.9 cm³/mol. The Balaban J connectivity index is 2.97. The summed E-state index contributed by atoms with van der Waals surface area (Å²) in [6.07, 6.45) is 1.79. The first kappa shape index (κ1) is 11.7. The van der Waals surface area contributed by atoms with Crippen molar-refractivity contribution in [2.24, 2.45) is 5.73 Å². The normalized spacial score (nSPS) is 12.3. The standard InChI is InChI=1S/C12H19N3/c1-9(2)8-15(4)12-11(10(3)13)6-5-7-14-12/h5-7,10H,1,8,13H2,2-4H3/t10-/m1/s1. The van der Waals surface area contributed by atoms with Crippen LogP contribution in [0.15, 0.2) is 30.5 Å². The van der Waals surface area contributed by atoms with Gasteiger partial charge in [-0.2, -0.15) is 0 Å². The third-order valence-corrected chi connectivity index (χ3v) is 2.18. The minimum Gasteiger partial charge on any atom is -0.355 e. The van der Waals surface area contributed by atoms with E-state index in [1.807, 2.05) is 33.0 Å². The molecule has 0 spiro atoms. The fourth-order valence-electron chi connectivity index (χ4n) is 1.56. The highest BCUT2D eigenvalue weighted by molar-refractivity contribution is 5.48. The number of nitrogens with two attached hydrogens (primary N) is 1. The van der Waals surface area contributed by atoms with E-state index < -0.39 is 0 Å². The molecule has 0 aromatic carbocycles. The first-order valence-electron chi connectivity index (χ1n) is 5.08. The number of hydrogen-bond donors (Lipinski definition) is 1. The van der Waals surface area contributed by atoms with Crippen molar-refractivity contribution < 1.29 is 0 Å². The van der Waals surface area contributed by atoms with Crippen molar-refractivity contribution in [3.63, 3.8) is 0 Å². The van der Waals surface area contributed by atoms with Gasteiger partial charge in [-0.1, -0.05) is 18.2 Å². The van der Waals surface area contributed by atoms with E-state index in [2.05, 4.69) is 16.5 Å². The third kappa shape index (κ3) is 3.06. The second kappa shape index (κ2) is 4.94. The van der Waals surface area contributed by atoms with Crippen molar-refractivity contribution in [3.05, 3.63) is 36.0 Å². The fraction of sp³-hybridized carbons (Fsp3) is 0.417. The number of likely N-dealkylation sites (N-methyl/N-ethyl adjacent to an activating group) is 1. The van der Waals surface area contributed by atoms with Crippen molar-refractivity contribution in [1.29, 1.82) is 0 Å². The molecule has 1 atom stereocenters. The van der Waals surface area contributed by atoms with Crippen molar-refractivity contribution >= 4 is 5.82 Å². The van der Waals surface area contributed by atoms with Gasteiger partial charge in [0.1, 0.15) is 5.82 Å². The molecule has 0 fully saturated rings. The van der Waals surface area contributed by atoms with Crippen LogP contribution in [-0.2, 0) is 0 Å². The maximum absolute atomic E-state index is 5.89. The van der Waals surface area contributed by atoms with Crippen LogP contribution < -0.4 is 10.6 Å². The molecule has 15 heavy (non-hydrogen) atoms. The molecule has 0 aliphatic rings. The summed E-state index contributed by atoms with van der Waals surface area (Å²) >= 11 is 0. The molecule has 0 saturated carbocycles. The summed E-state index contributed by atoms with van der Waals surface area (Å²) in [6, 6.07) is 3.93. The van der Waals surface area contributed by atoms with Gasteiger partial charge in [0.15, 0.2) is 0 Å². The second-order valence-corrected chi connectivity index (χ2v) is 4.02. The fourth-order valence-corrected chi connectivity index (χ4v) is 1.56. The van der Waals surface area contributed by atoms with E-state index in [-0.39, 0.29) is 6.04 Å². The molecule has 82 valence electrons. The average Bonchev–Trinajstić information content (AvgIpc) is 2.16. The average molecular weight is 205 g/mol. The van der Waals surface area contributed by atoms with Crippen LogP contribution in [0.1, 0.15) is 25.5 Å². The number of aromatic nitrogens is 1. The van der Waals surface area contributed by atoms with Crippen LogP contribution in [0.3, 0.4) is 0 Å². The lowest BCUT2D eigenvalue weighted by molar-refractivity contribution is 0.797. The Labute approximate surface area is 91.6 Å². The molecular weight excluding hydrogens is 186 g/mol. The third-order valence-electron chi connectivity index (χ3n) is 2.18. The zero-order valence-corrected chi connectivity index (χ0v) is 9.70. The van der Waals surface area contributed by atoms with Gasteiger partial charge in [-0.15, -0.1) is 0 Å². The number of anilines is 1. The highest BCUT2D eigenvalue weighted by Gasteiger charge is 2.11. The molecular formula is C12H19N3. The lowest BCUT2D eigenvalue weighted by Crippen LogP contribution is -2.23. The van der Waals surface area contributed by atoms with Gasteiger partial charge in [-0.25, -0.2) is 4.98 Å².